The number of hydrogen-bond donors (Lipinski definition) is 2. The number of para-hydroxylation sites is 1. The highest BCUT2D eigenvalue weighted by molar-refractivity contribution is 6.09. The highest BCUT2D eigenvalue weighted by atomic mass is 16.2. The van der Waals surface area contributed by atoms with Crippen LogP contribution in [0.3, 0.4) is 0 Å². The van der Waals surface area contributed by atoms with Crippen molar-refractivity contribution < 1.29 is 14.4 Å². The predicted octanol–water partition coefficient (Wildman–Crippen LogP) is 3.55. The molecule has 2 aliphatic rings. The van der Waals surface area contributed by atoms with Gasteiger partial charge < -0.3 is 15.5 Å². The molecular formula is C25H38N4O3. The Morgan fingerprint density at radius 2 is 1.88 bits per heavy atom. The van der Waals surface area contributed by atoms with Gasteiger partial charge in [0, 0.05) is 25.8 Å². The number of amides is 4. The molecule has 1 aromatic rings. The van der Waals surface area contributed by atoms with E-state index in [0.717, 1.165) is 42.8 Å². The summed E-state index contributed by atoms with van der Waals surface area (Å²) in [5.41, 5.74) is 0.540. The van der Waals surface area contributed by atoms with Crippen molar-refractivity contribution in [2.45, 2.75) is 64.8 Å². The quantitative estimate of drug-likeness (QED) is 0.453. The molecule has 1 aliphatic carbocycles. The third-order valence-electron chi connectivity index (χ3n) is 7.59. The summed E-state index contributed by atoms with van der Waals surface area (Å²) in [6.07, 6.45) is 5.00. The fraction of sp³-hybridized carbons (Fsp3) is 0.640. The number of benzene rings is 1. The van der Waals surface area contributed by atoms with Crippen molar-refractivity contribution in [2.24, 2.45) is 11.3 Å². The van der Waals surface area contributed by atoms with Crippen molar-refractivity contribution in [3.63, 3.8) is 0 Å². The standard InChI is InChI=1S/C25H38N4O3/c1-5-24(2,3)19-12-14-25(15-13-19)22(31)29(23(32)27-25)18-21(30)26-16-9-17-28(4)20-10-7-6-8-11-20/h6-8,10-11,19H,5,9,12-18H2,1-4H3,(H,26,30)(H,27,32). The summed E-state index contributed by atoms with van der Waals surface area (Å²) in [6, 6.07) is 9.62. The molecule has 0 radical (unpaired) electrons. The van der Waals surface area contributed by atoms with Crippen LogP contribution in [-0.2, 0) is 9.59 Å². The van der Waals surface area contributed by atoms with Crippen LogP contribution in [0.1, 0.15) is 59.3 Å². The molecule has 0 aromatic heterocycles. The van der Waals surface area contributed by atoms with Crippen LogP contribution >= 0.6 is 0 Å². The highest BCUT2D eigenvalue weighted by Crippen LogP contribution is 2.45. The number of urea groups is 1. The van der Waals surface area contributed by atoms with Crippen LogP contribution in [0.5, 0.6) is 0 Å². The van der Waals surface area contributed by atoms with Gasteiger partial charge in [-0.25, -0.2) is 4.79 Å². The average Bonchev–Trinajstić information content (AvgIpc) is 3.01. The van der Waals surface area contributed by atoms with Gasteiger partial charge in [0.1, 0.15) is 12.1 Å². The Kier molecular flexibility index (Phi) is 7.47. The number of hydrogen-bond acceptors (Lipinski definition) is 4. The maximum absolute atomic E-state index is 13.1. The Labute approximate surface area is 191 Å². The van der Waals surface area contributed by atoms with Crippen molar-refractivity contribution in [1.82, 2.24) is 15.5 Å². The summed E-state index contributed by atoms with van der Waals surface area (Å²) in [4.78, 5) is 41.2. The Hall–Kier alpha value is -2.57. The lowest BCUT2D eigenvalue weighted by Crippen LogP contribution is -2.51. The van der Waals surface area contributed by atoms with E-state index in [1.165, 1.54) is 0 Å². The van der Waals surface area contributed by atoms with Crippen LogP contribution in [0.4, 0.5) is 10.5 Å². The zero-order valence-electron chi connectivity index (χ0n) is 19.9. The molecule has 7 nitrogen and oxygen atoms in total. The van der Waals surface area contributed by atoms with Crippen molar-refractivity contribution in [1.29, 1.82) is 0 Å². The van der Waals surface area contributed by atoms with E-state index in [0.29, 0.717) is 25.3 Å². The van der Waals surface area contributed by atoms with E-state index in [-0.39, 0.29) is 23.8 Å². The first-order chi connectivity index (χ1) is 15.2. The molecule has 32 heavy (non-hydrogen) atoms. The monoisotopic (exact) mass is 442 g/mol. The lowest BCUT2D eigenvalue weighted by atomic mass is 9.65. The molecule has 0 bridgehead atoms. The average molecular weight is 443 g/mol. The van der Waals surface area contributed by atoms with Crippen molar-refractivity contribution >= 4 is 23.5 Å². The van der Waals surface area contributed by atoms with Gasteiger partial charge in [0.05, 0.1) is 0 Å². The van der Waals surface area contributed by atoms with E-state index >= 15 is 0 Å². The first kappa shape index (κ1) is 24.1. The van der Waals surface area contributed by atoms with Crippen LogP contribution in [0, 0.1) is 11.3 Å². The number of carbonyl (C=O) groups is 3. The Morgan fingerprint density at radius 1 is 1.22 bits per heavy atom. The summed E-state index contributed by atoms with van der Waals surface area (Å²) in [6.45, 7) is 7.83. The molecule has 2 fully saturated rings. The van der Waals surface area contributed by atoms with Crippen LogP contribution < -0.4 is 15.5 Å². The van der Waals surface area contributed by atoms with Crippen LogP contribution in [0.2, 0.25) is 0 Å². The minimum atomic E-state index is -0.823. The lowest BCUT2D eigenvalue weighted by molar-refractivity contribution is -0.136. The second kappa shape index (κ2) is 9.92. The summed E-state index contributed by atoms with van der Waals surface area (Å²) in [5.74, 6) is 0.0112. The number of anilines is 1. The Balaban J connectivity index is 1.44. The van der Waals surface area contributed by atoms with Gasteiger partial charge in [-0.3, -0.25) is 14.5 Å². The van der Waals surface area contributed by atoms with Gasteiger partial charge in [0.25, 0.3) is 5.91 Å². The first-order valence-corrected chi connectivity index (χ1v) is 11.9. The highest BCUT2D eigenvalue weighted by Gasteiger charge is 2.53. The van der Waals surface area contributed by atoms with Crippen LogP contribution in [-0.4, -0.2) is 55.0 Å². The van der Waals surface area contributed by atoms with E-state index < -0.39 is 11.6 Å². The fourth-order valence-electron chi connectivity index (χ4n) is 4.89. The van der Waals surface area contributed by atoms with Crippen molar-refractivity contribution in [2.75, 3.05) is 31.6 Å². The summed E-state index contributed by atoms with van der Waals surface area (Å²) < 4.78 is 0. The van der Waals surface area contributed by atoms with E-state index in [1.807, 2.05) is 37.4 Å². The number of nitrogens with one attached hydrogen (secondary N) is 2. The summed E-state index contributed by atoms with van der Waals surface area (Å²) in [7, 11) is 2.01. The smallest absolute Gasteiger partial charge is 0.325 e. The van der Waals surface area contributed by atoms with Gasteiger partial charge in [-0.05, 0) is 55.6 Å². The maximum atomic E-state index is 13.1. The first-order valence-electron chi connectivity index (χ1n) is 11.9. The SMILES string of the molecule is CCC(C)(C)C1CCC2(CC1)NC(=O)N(CC(=O)NCCCN(C)c1ccccc1)C2=O. The number of rotatable bonds is 9. The van der Waals surface area contributed by atoms with Crippen LogP contribution in [0.25, 0.3) is 0 Å². The van der Waals surface area contributed by atoms with Gasteiger partial charge in [-0.2, -0.15) is 0 Å². The van der Waals surface area contributed by atoms with Gasteiger partial charge in [-0.15, -0.1) is 0 Å². The summed E-state index contributed by atoms with van der Waals surface area (Å²) >= 11 is 0. The molecule has 2 N–H and O–H groups in total. The van der Waals surface area contributed by atoms with Crippen molar-refractivity contribution in [3.05, 3.63) is 30.3 Å². The number of nitrogens with zero attached hydrogens (tertiary/aromatic N) is 2. The minimum Gasteiger partial charge on any atom is -0.375 e. The summed E-state index contributed by atoms with van der Waals surface area (Å²) in [5, 5.41) is 5.76. The third kappa shape index (κ3) is 5.25. The molecule has 0 unspecified atom stereocenters. The molecule has 7 heteroatoms. The van der Waals surface area contributed by atoms with Crippen LogP contribution in [0.15, 0.2) is 30.3 Å². The fourth-order valence-corrected chi connectivity index (χ4v) is 4.89. The molecule has 1 heterocycles. The van der Waals surface area contributed by atoms with Crippen molar-refractivity contribution in [3.8, 4) is 0 Å². The molecule has 1 saturated heterocycles. The molecule has 4 amide bonds. The lowest BCUT2D eigenvalue weighted by Gasteiger charge is -2.42. The second-order valence-corrected chi connectivity index (χ2v) is 9.98. The zero-order chi connectivity index (χ0) is 23.4. The second-order valence-electron chi connectivity index (χ2n) is 9.98. The van der Waals surface area contributed by atoms with Gasteiger partial charge in [0.15, 0.2) is 0 Å². The normalized spacial score (nSPS) is 23.4. The van der Waals surface area contributed by atoms with Gasteiger partial charge in [0.2, 0.25) is 5.91 Å². The Morgan fingerprint density at radius 3 is 2.50 bits per heavy atom. The number of imide groups is 1. The predicted molar refractivity (Wildman–Crippen MR) is 126 cm³/mol. The topological polar surface area (TPSA) is 81.8 Å². The number of carbonyl (C=O) groups excluding carboxylic acids is 3. The minimum absolute atomic E-state index is 0.217. The van der Waals surface area contributed by atoms with Gasteiger partial charge in [-0.1, -0.05) is 45.4 Å². The van der Waals surface area contributed by atoms with E-state index in [2.05, 4.69) is 36.3 Å². The van der Waals surface area contributed by atoms with E-state index in [9.17, 15) is 14.4 Å². The van der Waals surface area contributed by atoms with E-state index in [4.69, 9.17) is 0 Å². The maximum Gasteiger partial charge on any atom is 0.325 e. The molecule has 1 saturated carbocycles. The molecule has 1 aliphatic heterocycles. The molecule has 1 spiro atoms. The van der Waals surface area contributed by atoms with Gasteiger partial charge >= 0.3 is 6.03 Å². The molecule has 176 valence electrons. The largest absolute Gasteiger partial charge is 0.375 e. The molecule has 0 atom stereocenters. The third-order valence-corrected chi connectivity index (χ3v) is 7.59. The Bertz CT molecular complexity index is 816. The zero-order valence-corrected chi connectivity index (χ0v) is 19.9. The van der Waals surface area contributed by atoms with E-state index in [1.54, 1.807) is 0 Å². The molecular weight excluding hydrogens is 404 g/mol. The molecule has 1 aromatic carbocycles. The molecule has 3 rings (SSSR count).